The lowest BCUT2D eigenvalue weighted by Gasteiger charge is -2.30. The molecular formula is C29H29Cl2N3O3. The van der Waals surface area contributed by atoms with E-state index in [2.05, 4.69) is 22.0 Å². The van der Waals surface area contributed by atoms with Gasteiger partial charge in [-0.1, -0.05) is 77.8 Å². The van der Waals surface area contributed by atoms with Crippen molar-refractivity contribution in [1.82, 2.24) is 14.8 Å². The minimum absolute atomic E-state index is 0.199. The van der Waals surface area contributed by atoms with Gasteiger partial charge >= 0.3 is 6.09 Å². The fourth-order valence-electron chi connectivity index (χ4n) is 4.93. The summed E-state index contributed by atoms with van der Waals surface area (Å²) in [6.45, 7) is 2.06. The van der Waals surface area contributed by atoms with Gasteiger partial charge in [0.25, 0.3) is 0 Å². The first-order chi connectivity index (χ1) is 18.0. The minimum Gasteiger partial charge on any atom is -0.445 e. The SMILES string of the molecule is O=C(OCc1ccccc1)N1C[C@@H](O)[C@H](N(CCc2c[nH]c3ccccc23)Cc2ccc(Cl)c(Cl)c2)C1. The lowest BCUT2D eigenvalue weighted by molar-refractivity contribution is 0.0783. The van der Waals surface area contributed by atoms with Gasteiger partial charge < -0.3 is 19.7 Å². The molecule has 4 aromatic rings. The molecule has 3 aromatic carbocycles. The number of aromatic nitrogens is 1. The largest absolute Gasteiger partial charge is 0.445 e. The zero-order chi connectivity index (χ0) is 25.8. The number of fused-ring (bicyclic) bond motifs is 1. The highest BCUT2D eigenvalue weighted by atomic mass is 35.5. The number of aliphatic hydroxyl groups excluding tert-OH is 1. The molecular weight excluding hydrogens is 509 g/mol. The number of amides is 1. The van der Waals surface area contributed by atoms with Crippen LogP contribution < -0.4 is 0 Å². The van der Waals surface area contributed by atoms with Crippen molar-refractivity contribution in [2.24, 2.45) is 0 Å². The fourth-order valence-corrected chi connectivity index (χ4v) is 5.25. The number of carbonyl (C=O) groups is 1. The number of aromatic amines is 1. The number of hydrogen-bond acceptors (Lipinski definition) is 4. The van der Waals surface area contributed by atoms with E-state index in [0.717, 1.165) is 23.1 Å². The molecule has 0 bridgehead atoms. The quantitative estimate of drug-likeness (QED) is 0.293. The minimum atomic E-state index is -0.699. The first-order valence-electron chi connectivity index (χ1n) is 12.3. The molecule has 8 heteroatoms. The van der Waals surface area contributed by atoms with Crippen molar-refractivity contribution in [2.45, 2.75) is 31.7 Å². The standard InChI is InChI=1S/C29H29Cl2N3O3/c30-24-11-10-21(14-25(24)31)16-33(13-12-22-15-32-26-9-5-4-8-23(22)26)27-17-34(18-28(27)35)29(36)37-19-20-6-2-1-3-7-20/h1-11,14-15,27-28,32,35H,12-13,16-19H2/t27-,28-/m1/s1. The van der Waals surface area contributed by atoms with E-state index in [1.807, 2.05) is 60.8 Å². The van der Waals surface area contributed by atoms with Gasteiger partial charge in [-0.2, -0.15) is 0 Å². The second-order valence-electron chi connectivity index (χ2n) is 9.41. The van der Waals surface area contributed by atoms with E-state index < -0.39 is 12.2 Å². The van der Waals surface area contributed by atoms with E-state index in [1.165, 1.54) is 10.9 Å². The van der Waals surface area contributed by atoms with Crippen LogP contribution in [0, 0.1) is 0 Å². The summed E-state index contributed by atoms with van der Waals surface area (Å²) in [5.74, 6) is 0. The molecule has 1 aromatic heterocycles. The highest BCUT2D eigenvalue weighted by Crippen LogP contribution is 2.26. The van der Waals surface area contributed by atoms with Gasteiger partial charge in [0.05, 0.1) is 28.7 Å². The Morgan fingerprint density at radius 1 is 1.00 bits per heavy atom. The van der Waals surface area contributed by atoms with Crippen molar-refractivity contribution >= 4 is 40.2 Å². The molecule has 5 rings (SSSR count). The number of H-pyrrole nitrogens is 1. The van der Waals surface area contributed by atoms with E-state index >= 15 is 0 Å². The number of nitrogens with zero attached hydrogens (tertiary/aromatic N) is 2. The second-order valence-corrected chi connectivity index (χ2v) is 10.2. The summed E-state index contributed by atoms with van der Waals surface area (Å²) in [4.78, 5) is 19.9. The van der Waals surface area contributed by atoms with Crippen LogP contribution in [-0.2, 0) is 24.3 Å². The smallest absolute Gasteiger partial charge is 0.410 e. The van der Waals surface area contributed by atoms with Crippen LogP contribution in [0.2, 0.25) is 10.0 Å². The van der Waals surface area contributed by atoms with Gasteiger partial charge in [-0.05, 0) is 41.3 Å². The number of β-amino-alcohol motifs (C(OH)–C–C–N with tert-alkyl or cyclic N) is 1. The first-order valence-corrected chi connectivity index (χ1v) is 13.1. The van der Waals surface area contributed by atoms with Gasteiger partial charge in [0.1, 0.15) is 6.61 Å². The molecule has 1 saturated heterocycles. The summed E-state index contributed by atoms with van der Waals surface area (Å²) in [7, 11) is 0. The molecule has 1 amide bonds. The maximum atomic E-state index is 12.8. The molecule has 2 N–H and O–H groups in total. The van der Waals surface area contributed by atoms with Gasteiger partial charge in [-0.25, -0.2) is 4.79 Å². The zero-order valence-electron chi connectivity index (χ0n) is 20.3. The molecule has 2 atom stereocenters. The van der Waals surface area contributed by atoms with E-state index in [9.17, 15) is 9.90 Å². The van der Waals surface area contributed by atoms with Crippen LogP contribution in [-0.4, -0.2) is 57.8 Å². The Kier molecular flexibility index (Phi) is 8.01. The highest BCUT2D eigenvalue weighted by Gasteiger charge is 2.38. The van der Waals surface area contributed by atoms with Crippen LogP contribution in [0.5, 0.6) is 0 Å². The molecule has 37 heavy (non-hydrogen) atoms. The molecule has 1 fully saturated rings. The average molecular weight is 538 g/mol. The summed E-state index contributed by atoms with van der Waals surface area (Å²) in [5, 5.41) is 13.2. The molecule has 1 aliphatic rings. The Morgan fingerprint density at radius 3 is 2.59 bits per heavy atom. The summed E-state index contributed by atoms with van der Waals surface area (Å²) < 4.78 is 5.52. The first kappa shape index (κ1) is 25.6. The molecule has 0 radical (unpaired) electrons. The third-order valence-electron chi connectivity index (χ3n) is 6.90. The Labute approximate surface area is 226 Å². The van der Waals surface area contributed by atoms with Gasteiger partial charge in [-0.15, -0.1) is 0 Å². The fraction of sp³-hybridized carbons (Fsp3) is 0.276. The van der Waals surface area contributed by atoms with Gasteiger partial charge in [0.15, 0.2) is 0 Å². The molecule has 6 nitrogen and oxygen atoms in total. The van der Waals surface area contributed by atoms with Gasteiger partial charge in [0, 0.05) is 36.7 Å². The third kappa shape index (κ3) is 6.11. The normalized spacial score (nSPS) is 17.6. The highest BCUT2D eigenvalue weighted by molar-refractivity contribution is 6.42. The number of nitrogens with one attached hydrogen (secondary N) is 1. The van der Waals surface area contributed by atoms with Crippen LogP contribution >= 0.6 is 23.2 Å². The van der Waals surface area contributed by atoms with Crippen molar-refractivity contribution in [2.75, 3.05) is 19.6 Å². The van der Waals surface area contributed by atoms with E-state index in [4.69, 9.17) is 27.9 Å². The predicted molar refractivity (Wildman–Crippen MR) is 147 cm³/mol. The zero-order valence-corrected chi connectivity index (χ0v) is 21.8. The average Bonchev–Trinajstić information content (AvgIpc) is 3.51. The third-order valence-corrected chi connectivity index (χ3v) is 7.64. The number of likely N-dealkylation sites (tertiary alicyclic amines) is 1. The number of carbonyl (C=O) groups excluding carboxylic acids is 1. The van der Waals surface area contributed by atoms with Crippen molar-refractivity contribution < 1.29 is 14.6 Å². The topological polar surface area (TPSA) is 68.8 Å². The lowest BCUT2D eigenvalue weighted by atomic mass is 10.1. The number of halogens is 2. The van der Waals surface area contributed by atoms with E-state index in [0.29, 0.717) is 29.7 Å². The van der Waals surface area contributed by atoms with E-state index in [-0.39, 0.29) is 19.2 Å². The van der Waals surface area contributed by atoms with Crippen LogP contribution in [0.15, 0.2) is 79.0 Å². The van der Waals surface area contributed by atoms with Crippen LogP contribution in [0.3, 0.4) is 0 Å². The number of aliphatic hydroxyl groups is 1. The maximum absolute atomic E-state index is 12.8. The molecule has 2 heterocycles. The number of benzene rings is 3. The molecule has 192 valence electrons. The monoisotopic (exact) mass is 537 g/mol. The van der Waals surface area contributed by atoms with Gasteiger partial charge in [-0.3, -0.25) is 4.90 Å². The number of para-hydroxylation sites is 1. The Balaban J connectivity index is 1.30. The molecule has 0 unspecified atom stereocenters. The van der Waals surface area contributed by atoms with Gasteiger partial charge in [0.2, 0.25) is 0 Å². The number of ether oxygens (including phenoxy) is 1. The van der Waals surface area contributed by atoms with Crippen molar-refractivity contribution in [3.63, 3.8) is 0 Å². The van der Waals surface area contributed by atoms with Crippen molar-refractivity contribution in [3.8, 4) is 0 Å². The van der Waals surface area contributed by atoms with Crippen molar-refractivity contribution in [1.29, 1.82) is 0 Å². The Morgan fingerprint density at radius 2 is 1.78 bits per heavy atom. The van der Waals surface area contributed by atoms with Crippen LogP contribution in [0.4, 0.5) is 4.79 Å². The molecule has 0 saturated carbocycles. The number of hydrogen-bond donors (Lipinski definition) is 2. The maximum Gasteiger partial charge on any atom is 0.410 e. The predicted octanol–water partition coefficient (Wildman–Crippen LogP) is 5.90. The van der Waals surface area contributed by atoms with E-state index in [1.54, 1.807) is 11.0 Å². The Hall–Kier alpha value is -3.03. The van der Waals surface area contributed by atoms with Crippen molar-refractivity contribution in [3.05, 3.63) is 106 Å². The lowest BCUT2D eigenvalue weighted by Crippen LogP contribution is -2.44. The summed E-state index contributed by atoms with van der Waals surface area (Å²) in [5.41, 5.74) is 4.22. The molecule has 0 aliphatic carbocycles. The summed E-state index contributed by atoms with van der Waals surface area (Å²) >= 11 is 12.4. The second kappa shape index (κ2) is 11.6. The van der Waals surface area contributed by atoms with Crippen LogP contribution in [0.1, 0.15) is 16.7 Å². The summed E-state index contributed by atoms with van der Waals surface area (Å²) in [6.07, 6.45) is 1.71. The number of rotatable bonds is 8. The molecule has 1 aliphatic heterocycles. The Bertz CT molecular complexity index is 1360. The van der Waals surface area contributed by atoms with Crippen LogP contribution in [0.25, 0.3) is 10.9 Å². The molecule has 0 spiro atoms. The summed E-state index contributed by atoms with van der Waals surface area (Å²) in [6, 6.07) is 23.1.